The van der Waals surface area contributed by atoms with Gasteiger partial charge in [0.1, 0.15) is 11.5 Å². The summed E-state index contributed by atoms with van der Waals surface area (Å²) >= 11 is 0. The Morgan fingerprint density at radius 2 is 2.14 bits per heavy atom. The molecule has 7 heteroatoms. The van der Waals surface area contributed by atoms with Crippen molar-refractivity contribution in [2.75, 3.05) is 5.32 Å². The average molecular weight is 291 g/mol. The number of carboxylic acids is 1. The van der Waals surface area contributed by atoms with Crippen LogP contribution in [0.1, 0.15) is 25.0 Å². The number of aryl methyl sites for hydroxylation is 1. The predicted octanol–water partition coefficient (Wildman–Crippen LogP) is 2.21. The number of aromatic nitrogens is 1. The smallest absolute Gasteiger partial charge is 0.308 e. The van der Waals surface area contributed by atoms with Crippen LogP contribution in [-0.2, 0) is 4.79 Å². The molecule has 0 radical (unpaired) electrons. The van der Waals surface area contributed by atoms with Crippen LogP contribution in [0.2, 0.25) is 0 Å². The van der Waals surface area contributed by atoms with E-state index in [4.69, 9.17) is 0 Å². The van der Waals surface area contributed by atoms with E-state index >= 15 is 0 Å². The van der Waals surface area contributed by atoms with Gasteiger partial charge < -0.3 is 10.4 Å². The first-order valence-corrected chi connectivity index (χ1v) is 7.08. The van der Waals surface area contributed by atoms with Gasteiger partial charge in [0.15, 0.2) is 0 Å². The van der Waals surface area contributed by atoms with Crippen LogP contribution in [0.15, 0.2) is 12.1 Å². The lowest BCUT2D eigenvalue weighted by Crippen LogP contribution is -2.39. The molecule has 2 fully saturated rings. The summed E-state index contributed by atoms with van der Waals surface area (Å²) in [6, 6.07) is 2.83. The molecule has 7 nitrogen and oxygen atoms in total. The molecule has 0 amide bonds. The Labute approximate surface area is 121 Å². The number of carbonyl (C=O) groups is 1. The van der Waals surface area contributed by atoms with Crippen molar-refractivity contribution in [2.24, 2.45) is 17.8 Å². The van der Waals surface area contributed by atoms with Crippen LogP contribution in [0.5, 0.6) is 0 Å². The van der Waals surface area contributed by atoms with Crippen LogP contribution >= 0.6 is 0 Å². The fourth-order valence-corrected chi connectivity index (χ4v) is 3.85. The second-order valence-electron chi connectivity index (χ2n) is 5.93. The van der Waals surface area contributed by atoms with Gasteiger partial charge in [-0.05, 0) is 44.1 Å². The third kappa shape index (κ3) is 2.32. The van der Waals surface area contributed by atoms with E-state index in [0.717, 1.165) is 19.3 Å². The van der Waals surface area contributed by atoms with E-state index in [1.54, 1.807) is 13.0 Å². The maximum atomic E-state index is 11.5. The van der Waals surface area contributed by atoms with Crippen LogP contribution in [0.25, 0.3) is 0 Å². The molecule has 3 rings (SSSR count). The molecule has 4 unspecified atom stereocenters. The van der Waals surface area contributed by atoms with Crippen molar-refractivity contribution in [3.8, 4) is 0 Å². The minimum Gasteiger partial charge on any atom is -0.481 e. The van der Waals surface area contributed by atoms with Crippen molar-refractivity contribution in [2.45, 2.75) is 32.2 Å². The lowest BCUT2D eigenvalue weighted by atomic mass is 9.84. The van der Waals surface area contributed by atoms with Gasteiger partial charge in [0.05, 0.1) is 10.8 Å². The maximum Gasteiger partial charge on any atom is 0.308 e. The van der Waals surface area contributed by atoms with Crippen molar-refractivity contribution in [3.63, 3.8) is 0 Å². The molecule has 0 aromatic carbocycles. The highest BCUT2D eigenvalue weighted by Crippen LogP contribution is 2.49. The second kappa shape index (κ2) is 4.98. The summed E-state index contributed by atoms with van der Waals surface area (Å²) in [5.41, 5.74) is 0.309. The van der Waals surface area contributed by atoms with E-state index in [1.807, 2.05) is 0 Å². The van der Waals surface area contributed by atoms with Gasteiger partial charge in [-0.25, -0.2) is 4.98 Å². The third-order valence-electron chi connectivity index (χ3n) is 4.77. The van der Waals surface area contributed by atoms with Crippen molar-refractivity contribution >= 4 is 17.5 Å². The molecule has 2 saturated carbocycles. The number of hydrogen-bond donors (Lipinski definition) is 2. The number of hydrogen-bond acceptors (Lipinski definition) is 5. The lowest BCUT2D eigenvalue weighted by Gasteiger charge is -2.29. The summed E-state index contributed by atoms with van der Waals surface area (Å²) in [4.78, 5) is 26.0. The number of rotatable bonds is 4. The van der Waals surface area contributed by atoms with Gasteiger partial charge in [0, 0.05) is 12.1 Å². The fraction of sp³-hybridized carbons (Fsp3) is 0.571. The molecule has 0 spiro atoms. The number of anilines is 1. The summed E-state index contributed by atoms with van der Waals surface area (Å²) in [5, 5.41) is 23.4. The summed E-state index contributed by atoms with van der Waals surface area (Å²) in [6.45, 7) is 1.58. The highest BCUT2D eigenvalue weighted by Gasteiger charge is 2.51. The Morgan fingerprint density at radius 1 is 1.43 bits per heavy atom. The minimum absolute atomic E-state index is 0.0247. The Kier molecular flexibility index (Phi) is 3.27. The molecular weight excluding hydrogens is 274 g/mol. The van der Waals surface area contributed by atoms with E-state index in [0.29, 0.717) is 17.4 Å². The van der Waals surface area contributed by atoms with Crippen molar-refractivity contribution in [3.05, 3.63) is 27.9 Å². The van der Waals surface area contributed by atoms with Gasteiger partial charge in [-0.1, -0.05) is 0 Å². The standard InChI is InChI=1S/C14H17N3O4/c1-7-10(17(20)21)4-5-11(15-7)16-13-9-3-2-8(6-9)12(13)14(18)19/h4-5,8-9,12-13H,2-3,6H2,1H3,(H,15,16)(H,18,19). The molecule has 0 saturated heterocycles. The van der Waals surface area contributed by atoms with E-state index < -0.39 is 10.9 Å². The zero-order valence-corrected chi connectivity index (χ0v) is 11.7. The Bertz CT molecular complexity index is 604. The number of aliphatic carboxylic acids is 1. The first kappa shape index (κ1) is 13.8. The van der Waals surface area contributed by atoms with Crippen molar-refractivity contribution in [1.82, 2.24) is 4.98 Å². The minimum atomic E-state index is -0.765. The van der Waals surface area contributed by atoms with E-state index in [9.17, 15) is 20.0 Å². The molecule has 1 heterocycles. The largest absolute Gasteiger partial charge is 0.481 e. The molecule has 1 aromatic rings. The molecule has 2 N–H and O–H groups in total. The Hall–Kier alpha value is -2.18. The molecule has 112 valence electrons. The normalized spacial score (nSPS) is 30.3. The number of nitrogens with one attached hydrogen (secondary N) is 1. The molecule has 2 aliphatic carbocycles. The number of fused-ring (bicyclic) bond motifs is 2. The van der Waals surface area contributed by atoms with Gasteiger partial charge in [-0.15, -0.1) is 0 Å². The van der Waals surface area contributed by atoms with Crippen LogP contribution in [0.3, 0.4) is 0 Å². The first-order chi connectivity index (χ1) is 9.97. The Balaban J connectivity index is 1.81. The van der Waals surface area contributed by atoms with Gasteiger partial charge in [0.2, 0.25) is 0 Å². The molecule has 21 heavy (non-hydrogen) atoms. The van der Waals surface area contributed by atoms with Crippen LogP contribution in [0.4, 0.5) is 11.5 Å². The molecule has 1 aromatic heterocycles. The van der Waals surface area contributed by atoms with Gasteiger partial charge in [0.25, 0.3) is 5.69 Å². The van der Waals surface area contributed by atoms with Crippen molar-refractivity contribution in [1.29, 1.82) is 0 Å². The Morgan fingerprint density at radius 3 is 2.76 bits per heavy atom. The average Bonchev–Trinajstić information content (AvgIpc) is 2.98. The molecule has 4 atom stereocenters. The van der Waals surface area contributed by atoms with Gasteiger partial charge in [-0.2, -0.15) is 0 Å². The zero-order valence-electron chi connectivity index (χ0n) is 11.7. The number of carboxylic acid groups (broad SMARTS) is 1. The quantitative estimate of drug-likeness (QED) is 0.650. The third-order valence-corrected chi connectivity index (χ3v) is 4.77. The summed E-state index contributed by atoms with van der Waals surface area (Å²) in [7, 11) is 0. The topological polar surface area (TPSA) is 105 Å². The zero-order chi connectivity index (χ0) is 15.1. The van der Waals surface area contributed by atoms with E-state index in [1.165, 1.54) is 6.07 Å². The molecule has 0 aliphatic heterocycles. The van der Waals surface area contributed by atoms with Gasteiger partial charge >= 0.3 is 5.97 Å². The SMILES string of the molecule is Cc1nc(NC2C3CCC(C3)C2C(=O)O)ccc1[N+](=O)[O-]. The van der Waals surface area contributed by atoms with E-state index in [-0.39, 0.29) is 23.6 Å². The van der Waals surface area contributed by atoms with E-state index in [2.05, 4.69) is 10.3 Å². The highest BCUT2D eigenvalue weighted by molar-refractivity contribution is 5.73. The van der Waals surface area contributed by atoms with Crippen molar-refractivity contribution < 1.29 is 14.8 Å². The first-order valence-electron chi connectivity index (χ1n) is 7.08. The van der Waals surface area contributed by atoms with Gasteiger partial charge in [-0.3, -0.25) is 14.9 Å². The number of nitrogens with zero attached hydrogens (tertiary/aromatic N) is 2. The number of nitro groups is 1. The summed E-state index contributed by atoms with van der Waals surface area (Å²) in [6.07, 6.45) is 2.96. The summed E-state index contributed by atoms with van der Waals surface area (Å²) in [5.74, 6) is -0.0428. The summed E-state index contributed by atoms with van der Waals surface area (Å²) < 4.78 is 0. The monoisotopic (exact) mass is 291 g/mol. The molecular formula is C14H17N3O4. The maximum absolute atomic E-state index is 11.5. The predicted molar refractivity (Wildman–Crippen MR) is 75.0 cm³/mol. The van der Waals surface area contributed by atoms with Crippen LogP contribution in [0, 0.1) is 34.8 Å². The second-order valence-corrected chi connectivity index (χ2v) is 5.93. The highest BCUT2D eigenvalue weighted by atomic mass is 16.6. The number of pyridine rings is 1. The van der Waals surface area contributed by atoms with Crippen LogP contribution in [-0.4, -0.2) is 27.0 Å². The molecule has 2 bridgehead atoms. The molecule has 2 aliphatic rings. The fourth-order valence-electron chi connectivity index (χ4n) is 3.85. The van der Waals surface area contributed by atoms with Crippen LogP contribution < -0.4 is 5.32 Å². The lowest BCUT2D eigenvalue weighted by molar-refractivity contribution is -0.385.